The van der Waals surface area contributed by atoms with Crippen LogP contribution in [0.25, 0.3) is 0 Å². The third kappa shape index (κ3) is 3.50. The Hall–Kier alpha value is -1.49. The Morgan fingerprint density at radius 3 is 2.94 bits per heavy atom. The molecule has 0 amide bonds. The quantitative estimate of drug-likeness (QED) is 0.899. The van der Waals surface area contributed by atoms with Crippen molar-refractivity contribution in [1.29, 1.82) is 0 Å². The zero-order chi connectivity index (χ0) is 13.0. The molecule has 2 aromatic heterocycles. The minimum atomic E-state index is 0.592. The summed E-state index contributed by atoms with van der Waals surface area (Å²) in [5, 5.41) is 4.20. The molecule has 4 nitrogen and oxygen atoms in total. The average Bonchev–Trinajstić information content (AvgIpc) is 2.75. The summed E-state index contributed by atoms with van der Waals surface area (Å²) in [7, 11) is 0. The largest absolute Gasteiger partial charge is 0.356 e. The summed E-state index contributed by atoms with van der Waals surface area (Å²) in [6, 6.07) is 2.03. The number of rotatable bonds is 5. The van der Waals surface area contributed by atoms with Crippen LogP contribution in [0.3, 0.4) is 0 Å². The Morgan fingerprint density at radius 2 is 2.22 bits per heavy atom. The van der Waals surface area contributed by atoms with E-state index in [0.29, 0.717) is 5.92 Å². The standard InChI is InChI=1S/C13H18N4S/c1-9(2)6-12-16-13(18-17-12)15-8-11-4-5-14-7-10(11)3/h4-5,7,9H,6,8H2,1-3H3,(H,15,16,17). The van der Waals surface area contributed by atoms with Gasteiger partial charge < -0.3 is 5.32 Å². The van der Waals surface area contributed by atoms with E-state index in [4.69, 9.17) is 0 Å². The molecule has 1 N–H and O–H groups in total. The molecular formula is C13H18N4S. The molecule has 0 atom stereocenters. The lowest BCUT2D eigenvalue weighted by atomic mass is 10.1. The molecule has 2 rings (SSSR count). The number of anilines is 1. The van der Waals surface area contributed by atoms with Crippen molar-refractivity contribution in [3.8, 4) is 0 Å². The van der Waals surface area contributed by atoms with Gasteiger partial charge in [0.15, 0.2) is 0 Å². The van der Waals surface area contributed by atoms with E-state index in [9.17, 15) is 0 Å². The summed E-state index contributed by atoms with van der Waals surface area (Å²) in [5.41, 5.74) is 2.43. The lowest BCUT2D eigenvalue weighted by molar-refractivity contribution is 0.627. The third-order valence-corrected chi connectivity index (χ3v) is 3.34. The predicted molar refractivity (Wildman–Crippen MR) is 74.8 cm³/mol. The number of aryl methyl sites for hydroxylation is 1. The van der Waals surface area contributed by atoms with Crippen molar-refractivity contribution in [1.82, 2.24) is 14.3 Å². The third-order valence-electron chi connectivity index (χ3n) is 2.63. The van der Waals surface area contributed by atoms with Crippen molar-refractivity contribution in [2.75, 3.05) is 5.32 Å². The van der Waals surface area contributed by atoms with Crippen molar-refractivity contribution in [3.63, 3.8) is 0 Å². The van der Waals surface area contributed by atoms with Gasteiger partial charge in [-0.25, -0.2) is 4.98 Å². The van der Waals surface area contributed by atoms with Crippen LogP contribution in [0, 0.1) is 12.8 Å². The fourth-order valence-corrected chi connectivity index (χ4v) is 2.24. The van der Waals surface area contributed by atoms with Gasteiger partial charge in [-0.1, -0.05) is 13.8 Å². The van der Waals surface area contributed by atoms with Crippen LogP contribution in [0.1, 0.15) is 30.8 Å². The number of hydrogen-bond acceptors (Lipinski definition) is 5. The van der Waals surface area contributed by atoms with Crippen LogP contribution in [0.15, 0.2) is 18.5 Å². The van der Waals surface area contributed by atoms with Crippen LogP contribution in [-0.4, -0.2) is 14.3 Å². The van der Waals surface area contributed by atoms with Gasteiger partial charge in [0.25, 0.3) is 0 Å². The fraction of sp³-hybridized carbons (Fsp3) is 0.462. The van der Waals surface area contributed by atoms with E-state index in [2.05, 4.69) is 40.4 Å². The summed E-state index contributed by atoms with van der Waals surface area (Å²) in [6.45, 7) is 7.18. The summed E-state index contributed by atoms with van der Waals surface area (Å²) < 4.78 is 4.35. The molecule has 0 aliphatic heterocycles. The van der Waals surface area contributed by atoms with Crippen molar-refractivity contribution in [3.05, 3.63) is 35.4 Å². The van der Waals surface area contributed by atoms with Gasteiger partial charge >= 0.3 is 0 Å². The Balaban J connectivity index is 1.94. The number of aromatic nitrogens is 3. The van der Waals surface area contributed by atoms with Gasteiger partial charge in [-0.3, -0.25) is 4.98 Å². The first-order valence-electron chi connectivity index (χ1n) is 6.11. The molecule has 0 aromatic carbocycles. The molecule has 2 aromatic rings. The first-order chi connectivity index (χ1) is 8.65. The molecule has 0 fully saturated rings. The molecule has 18 heavy (non-hydrogen) atoms. The normalized spacial score (nSPS) is 10.9. The van der Waals surface area contributed by atoms with Crippen LogP contribution in [-0.2, 0) is 13.0 Å². The number of pyridine rings is 1. The molecule has 0 saturated heterocycles. The predicted octanol–water partition coefficient (Wildman–Crippen LogP) is 3.05. The minimum absolute atomic E-state index is 0.592. The average molecular weight is 262 g/mol. The van der Waals surface area contributed by atoms with Gasteiger partial charge in [0, 0.05) is 36.9 Å². The van der Waals surface area contributed by atoms with Crippen LogP contribution < -0.4 is 5.32 Å². The lowest BCUT2D eigenvalue weighted by Crippen LogP contribution is -2.02. The smallest absolute Gasteiger partial charge is 0.202 e. The fourth-order valence-electron chi connectivity index (χ4n) is 1.65. The van der Waals surface area contributed by atoms with Gasteiger partial charge in [0.05, 0.1) is 0 Å². The van der Waals surface area contributed by atoms with Crippen molar-refractivity contribution in [2.24, 2.45) is 5.92 Å². The zero-order valence-electron chi connectivity index (χ0n) is 11.0. The van der Waals surface area contributed by atoms with E-state index in [0.717, 1.165) is 23.9 Å². The Morgan fingerprint density at radius 1 is 1.39 bits per heavy atom. The van der Waals surface area contributed by atoms with Crippen molar-refractivity contribution >= 4 is 16.7 Å². The molecule has 96 valence electrons. The van der Waals surface area contributed by atoms with E-state index >= 15 is 0 Å². The van der Waals surface area contributed by atoms with E-state index in [1.54, 1.807) is 0 Å². The maximum absolute atomic E-state index is 4.48. The number of nitrogens with one attached hydrogen (secondary N) is 1. The van der Waals surface area contributed by atoms with Gasteiger partial charge in [-0.05, 0) is 30.0 Å². The van der Waals surface area contributed by atoms with E-state index in [1.165, 1.54) is 22.7 Å². The van der Waals surface area contributed by atoms with Crippen molar-refractivity contribution < 1.29 is 0 Å². The summed E-state index contributed by atoms with van der Waals surface area (Å²) in [6.07, 6.45) is 4.63. The lowest BCUT2D eigenvalue weighted by Gasteiger charge is -2.05. The molecule has 0 aliphatic rings. The van der Waals surface area contributed by atoms with E-state index in [-0.39, 0.29) is 0 Å². The van der Waals surface area contributed by atoms with Crippen molar-refractivity contribution in [2.45, 2.75) is 33.7 Å². The second-order valence-corrected chi connectivity index (χ2v) is 5.52. The minimum Gasteiger partial charge on any atom is -0.356 e. The van der Waals surface area contributed by atoms with E-state index in [1.807, 2.05) is 18.5 Å². The summed E-state index contributed by atoms with van der Waals surface area (Å²) >= 11 is 1.43. The molecule has 0 aliphatic carbocycles. The van der Waals surface area contributed by atoms with Crippen LogP contribution in [0.5, 0.6) is 0 Å². The van der Waals surface area contributed by atoms with Gasteiger partial charge in [-0.2, -0.15) is 4.37 Å². The van der Waals surface area contributed by atoms with Gasteiger partial charge in [-0.15, -0.1) is 0 Å². The highest BCUT2D eigenvalue weighted by Crippen LogP contribution is 2.15. The Bertz CT molecular complexity index is 507. The highest BCUT2D eigenvalue weighted by atomic mass is 32.1. The highest BCUT2D eigenvalue weighted by molar-refractivity contribution is 7.09. The molecule has 0 unspecified atom stereocenters. The molecule has 5 heteroatoms. The maximum atomic E-state index is 4.48. The summed E-state index contributed by atoms with van der Waals surface area (Å²) in [4.78, 5) is 8.56. The molecule has 0 bridgehead atoms. The molecule has 0 spiro atoms. The van der Waals surface area contributed by atoms with Crippen LogP contribution in [0.4, 0.5) is 5.13 Å². The Labute approximate surface area is 112 Å². The monoisotopic (exact) mass is 262 g/mol. The zero-order valence-corrected chi connectivity index (χ0v) is 11.8. The van der Waals surface area contributed by atoms with E-state index < -0.39 is 0 Å². The Kier molecular flexibility index (Phi) is 4.25. The van der Waals surface area contributed by atoms with Gasteiger partial charge in [0.2, 0.25) is 5.13 Å². The first kappa shape index (κ1) is 13.0. The topological polar surface area (TPSA) is 50.7 Å². The second-order valence-electron chi connectivity index (χ2n) is 4.77. The maximum Gasteiger partial charge on any atom is 0.202 e. The molecule has 0 saturated carbocycles. The second kappa shape index (κ2) is 5.91. The number of hydrogen-bond donors (Lipinski definition) is 1. The number of nitrogens with zero attached hydrogens (tertiary/aromatic N) is 3. The van der Waals surface area contributed by atoms with Gasteiger partial charge in [0.1, 0.15) is 5.82 Å². The summed E-state index contributed by atoms with van der Waals surface area (Å²) in [5.74, 6) is 1.53. The van der Waals surface area contributed by atoms with Crippen LogP contribution in [0.2, 0.25) is 0 Å². The molecule has 2 heterocycles. The van der Waals surface area contributed by atoms with Crippen LogP contribution >= 0.6 is 11.5 Å². The molecule has 0 radical (unpaired) electrons. The molecular weight excluding hydrogens is 244 g/mol. The SMILES string of the molecule is Cc1cnccc1CNc1nc(CC(C)C)ns1. The highest BCUT2D eigenvalue weighted by Gasteiger charge is 2.06. The first-order valence-corrected chi connectivity index (χ1v) is 6.88.